The zero-order chi connectivity index (χ0) is 12.7. The van der Waals surface area contributed by atoms with Crippen LogP contribution in [-0.4, -0.2) is 22.7 Å². The Bertz CT molecular complexity index is 341. The Labute approximate surface area is 108 Å². The lowest BCUT2D eigenvalue weighted by Crippen LogP contribution is -2.36. The van der Waals surface area contributed by atoms with Crippen LogP contribution in [0.4, 0.5) is 4.79 Å². The predicted molar refractivity (Wildman–Crippen MR) is 73.5 cm³/mol. The van der Waals surface area contributed by atoms with Gasteiger partial charge in [0.2, 0.25) is 0 Å². The van der Waals surface area contributed by atoms with Gasteiger partial charge in [0.25, 0.3) is 0 Å². The first-order valence-electron chi connectivity index (χ1n) is 5.67. The van der Waals surface area contributed by atoms with E-state index in [1.54, 1.807) is 4.90 Å². The summed E-state index contributed by atoms with van der Waals surface area (Å²) in [5.41, 5.74) is 1.11. The number of nitrogens with zero attached hydrogens (tertiary/aromatic N) is 1. The van der Waals surface area contributed by atoms with Gasteiger partial charge in [0.15, 0.2) is 0 Å². The molecule has 1 N–H and O–H groups in total. The largest absolute Gasteiger partial charge is 0.327 e. The fourth-order valence-electron chi connectivity index (χ4n) is 1.29. The van der Waals surface area contributed by atoms with Crippen molar-refractivity contribution < 1.29 is 4.79 Å². The van der Waals surface area contributed by atoms with Gasteiger partial charge in [0.1, 0.15) is 0 Å². The molecular formula is C13H19N2OS. The fourth-order valence-corrected chi connectivity index (χ4v) is 1.75. The quantitative estimate of drug-likeness (QED) is 0.816. The Hall–Kier alpha value is -1.16. The highest BCUT2D eigenvalue weighted by Gasteiger charge is 2.12. The van der Waals surface area contributed by atoms with Crippen molar-refractivity contribution in [1.82, 2.24) is 9.62 Å². The van der Waals surface area contributed by atoms with Crippen LogP contribution in [0.3, 0.4) is 0 Å². The number of hydrogen-bond donors (Lipinski definition) is 1. The molecule has 1 aromatic rings. The summed E-state index contributed by atoms with van der Waals surface area (Å²) in [6.45, 7) is 8.91. The molecule has 0 aromatic heterocycles. The van der Waals surface area contributed by atoms with Gasteiger partial charge in [-0.25, -0.2) is 4.79 Å². The van der Waals surface area contributed by atoms with Gasteiger partial charge in [-0.3, -0.25) is 4.72 Å². The van der Waals surface area contributed by atoms with E-state index in [-0.39, 0.29) is 6.03 Å². The van der Waals surface area contributed by atoms with E-state index in [4.69, 9.17) is 0 Å². The van der Waals surface area contributed by atoms with Crippen LogP contribution in [0, 0.1) is 6.92 Å². The van der Waals surface area contributed by atoms with Gasteiger partial charge in [-0.2, -0.15) is 0 Å². The van der Waals surface area contributed by atoms with Crippen molar-refractivity contribution in [3.05, 3.63) is 42.8 Å². The van der Waals surface area contributed by atoms with Gasteiger partial charge in [-0.1, -0.05) is 44.2 Å². The topological polar surface area (TPSA) is 32.3 Å². The van der Waals surface area contributed by atoms with Gasteiger partial charge in [-0.15, -0.1) is 0 Å². The molecule has 3 nitrogen and oxygen atoms in total. The molecule has 17 heavy (non-hydrogen) atoms. The van der Waals surface area contributed by atoms with Crippen LogP contribution in [-0.2, 0) is 6.54 Å². The Morgan fingerprint density at radius 1 is 1.41 bits per heavy atom. The van der Waals surface area contributed by atoms with E-state index in [1.165, 1.54) is 11.9 Å². The highest BCUT2D eigenvalue weighted by atomic mass is 32.2. The second kappa shape index (κ2) is 7.22. The highest BCUT2D eigenvalue weighted by Crippen LogP contribution is 2.08. The minimum absolute atomic E-state index is 0.0810. The molecule has 0 spiro atoms. The number of nitrogens with one attached hydrogen (secondary N) is 1. The molecule has 0 saturated carbocycles. The molecule has 1 aromatic carbocycles. The molecule has 0 aliphatic heterocycles. The first kappa shape index (κ1) is 13.9. The van der Waals surface area contributed by atoms with E-state index >= 15 is 0 Å². The maximum atomic E-state index is 11.8. The Morgan fingerprint density at radius 3 is 2.59 bits per heavy atom. The summed E-state index contributed by atoms with van der Waals surface area (Å²) in [4.78, 5) is 13.5. The van der Waals surface area contributed by atoms with Crippen molar-refractivity contribution in [2.24, 2.45) is 0 Å². The van der Waals surface area contributed by atoms with E-state index in [2.05, 4.69) is 11.6 Å². The zero-order valence-electron chi connectivity index (χ0n) is 10.3. The Kier molecular flexibility index (Phi) is 5.91. The van der Waals surface area contributed by atoms with Crippen LogP contribution in [0.1, 0.15) is 19.4 Å². The third-order valence-corrected chi connectivity index (χ3v) is 2.92. The van der Waals surface area contributed by atoms with Crippen molar-refractivity contribution in [3.8, 4) is 0 Å². The molecule has 0 heterocycles. The third kappa shape index (κ3) is 5.13. The summed E-state index contributed by atoms with van der Waals surface area (Å²) in [5.74, 6) is 0. The molecule has 1 rings (SSSR count). The third-order valence-electron chi connectivity index (χ3n) is 2.16. The molecule has 93 valence electrons. The van der Waals surface area contributed by atoms with Crippen molar-refractivity contribution >= 4 is 18.0 Å². The average Bonchev–Trinajstić information content (AvgIpc) is 2.34. The molecular weight excluding hydrogens is 232 g/mol. The molecule has 0 aliphatic rings. The standard InChI is InChI=1S/C13H19N2OS/c1-4-15(13(16)14-17-11(2)3)10-12-8-6-5-7-9-12/h5-9,11H,1,4,10H2,2-3H3,(H,14,16). The van der Waals surface area contributed by atoms with Crippen LogP contribution in [0.5, 0.6) is 0 Å². The molecule has 1 radical (unpaired) electrons. The number of hydrogen-bond acceptors (Lipinski definition) is 2. The summed E-state index contributed by atoms with van der Waals surface area (Å²) in [6.07, 6.45) is 0. The number of carbonyl (C=O) groups is 1. The molecule has 0 unspecified atom stereocenters. The number of carbonyl (C=O) groups excluding carboxylic acids is 1. The smallest absolute Gasteiger partial charge is 0.320 e. The van der Waals surface area contributed by atoms with Crippen LogP contribution < -0.4 is 4.72 Å². The van der Waals surface area contributed by atoms with Gasteiger partial charge >= 0.3 is 6.03 Å². The second-order valence-electron chi connectivity index (χ2n) is 3.98. The molecule has 0 saturated heterocycles. The first-order valence-corrected chi connectivity index (χ1v) is 6.55. The maximum Gasteiger partial charge on any atom is 0.327 e. The fraction of sp³-hybridized carbons (Fsp3) is 0.385. The summed E-state index contributed by atoms with van der Waals surface area (Å²) in [7, 11) is 0. The van der Waals surface area contributed by atoms with Crippen molar-refractivity contribution in [2.75, 3.05) is 6.54 Å². The van der Waals surface area contributed by atoms with Crippen LogP contribution >= 0.6 is 11.9 Å². The number of benzene rings is 1. The normalized spacial score (nSPS) is 10.4. The second-order valence-corrected chi connectivity index (χ2v) is 5.36. The van der Waals surface area contributed by atoms with E-state index in [1.807, 2.05) is 44.2 Å². The van der Waals surface area contributed by atoms with Crippen LogP contribution in [0.25, 0.3) is 0 Å². The predicted octanol–water partition coefficient (Wildman–Crippen LogP) is 3.09. The van der Waals surface area contributed by atoms with Gasteiger partial charge in [0, 0.05) is 18.3 Å². The minimum Gasteiger partial charge on any atom is -0.320 e. The number of amides is 2. The van der Waals surface area contributed by atoms with Gasteiger partial charge in [0.05, 0.1) is 0 Å². The molecule has 0 fully saturated rings. The first-order chi connectivity index (χ1) is 8.13. The molecule has 0 atom stereocenters. The van der Waals surface area contributed by atoms with Crippen molar-refractivity contribution in [2.45, 2.75) is 25.6 Å². The Balaban J connectivity index is 2.51. The highest BCUT2D eigenvalue weighted by molar-refractivity contribution is 7.98. The average molecular weight is 251 g/mol. The van der Waals surface area contributed by atoms with Crippen molar-refractivity contribution in [3.63, 3.8) is 0 Å². The number of urea groups is 1. The lowest BCUT2D eigenvalue weighted by atomic mass is 10.2. The number of rotatable bonds is 5. The van der Waals surface area contributed by atoms with Gasteiger partial charge < -0.3 is 4.90 Å². The molecule has 2 amide bonds. The van der Waals surface area contributed by atoms with Crippen LogP contribution in [0.2, 0.25) is 0 Å². The molecule has 0 aliphatic carbocycles. The van der Waals surface area contributed by atoms with Crippen LogP contribution in [0.15, 0.2) is 30.3 Å². The van der Waals surface area contributed by atoms with E-state index in [9.17, 15) is 4.79 Å². The van der Waals surface area contributed by atoms with E-state index < -0.39 is 0 Å². The summed E-state index contributed by atoms with van der Waals surface area (Å²) < 4.78 is 2.82. The summed E-state index contributed by atoms with van der Waals surface area (Å²) in [5, 5.41) is 0.377. The van der Waals surface area contributed by atoms with E-state index in [0.717, 1.165) is 5.56 Å². The summed E-state index contributed by atoms with van der Waals surface area (Å²) in [6, 6.07) is 9.83. The summed E-state index contributed by atoms with van der Waals surface area (Å²) >= 11 is 1.42. The van der Waals surface area contributed by atoms with E-state index in [0.29, 0.717) is 18.3 Å². The zero-order valence-corrected chi connectivity index (χ0v) is 11.2. The molecule has 4 heteroatoms. The maximum absolute atomic E-state index is 11.8. The lowest BCUT2D eigenvalue weighted by molar-refractivity contribution is 0.207. The monoisotopic (exact) mass is 251 g/mol. The minimum atomic E-state index is -0.0810. The van der Waals surface area contributed by atoms with Gasteiger partial charge in [-0.05, 0) is 24.4 Å². The van der Waals surface area contributed by atoms with Crippen molar-refractivity contribution in [1.29, 1.82) is 0 Å². The molecule has 0 bridgehead atoms. The Morgan fingerprint density at radius 2 is 2.06 bits per heavy atom. The lowest BCUT2D eigenvalue weighted by Gasteiger charge is -2.21. The SMILES string of the molecule is [CH2]CN(Cc1ccccc1)C(=O)NSC(C)C.